The number of amides is 3. The minimum Gasteiger partial charge on any atom is -0.482 e. The van der Waals surface area contributed by atoms with E-state index in [0.717, 1.165) is 42.4 Å². The molecule has 0 spiro atoms. The quantitative estimate of drug-likeness (QED) is 0.750. The fourth-order valence-electron chi connectivity index (χ4n) is 3.03. The zero-order chi connectivity index (χ0) is 19.2. The van der Waals surface area contributed by atoms with Crippen molar-refractivity contribution < 1.29 is 28.3 Å². The predicted octanol–water partition coefficient (Wildman–Crippen LogP) is 2.08. The molecule has 144 valence electrons. The van der Waals surface area contributed by atoms with E-state index in [1.54, 1.807) is 13.0 Å². The summed E-state index contributed by atoms with van der Waals surface area (Å²) in [7, 11) is 0. The second-order valence-electron chi connectivity index (χ2n) is 6.23. The first kappa shape index (κ1) is 18.8. The van der Waals surface area contributed by atoms with Crippen LogP contribution in [0, 0.1) is 0 Å². The standard InChI is InChI=1S/C19H22N2O6/c1-2-20-19(24)21-17(22)10-26-18(23)11-25-12-7-8-16-14(9-12)13-5-3-4-6-15(13)27-16/h7-9H,2-6,10-11H2,1H3,(H2,20,21,22,24). The molecule has 3 amide bonds. The molecule has 8 heteroatoms. The Bertz CT molecular complexity index is 857. The number of aryl methyl sites for hydroxylation is 2. The Kier molecular flexibility index (Phi) is 5.95. The lowest BCUT2D eigenvalue weighted by atomic mass is 9.96. The molecule has 1 heterocycles. The van der Waals surface area contributed by atoms with Crippen LogP contribution in [0.3, 0.4) is 0 Å². The first-order chi connectivity index (χ1) is 13.1. The van der Waals surface area contributed by atoms with Crippen molar-refractivity contribution in [3.63, 3.8) is 0 Å². The average Bonchev–Trinajstić information content (AvgIpc) is 3.03. The smallest absolute Gasteiger partial charge is 0.344 e. The van der Waals surface area contributed by atoms with Gasteiger partial charge in [-0.2, -0.15) is 0 Å². The number of ether oxygens (including phenoxy) is 2. The fraction of sp³-hybridized carbons (Fsp3) is 0.421. The van der Waals surface area contributed by atoms with Gasteiger partial charge in [-0.3, -0.25) is 10.1 Å². The minimum absolute atomic E-state index is 0.333. The van der Waals surface area contributed by atoms with E-state index in [4.69, 9.17) is 13.9 Å². The number of imide groups is 1. The number of carbonyl (C=O) groups is 3. The second kappa shape index (κ2) is 8.57. The summed E-state index contributed by atoms with van der Waals surface area (Å²) in [5.41, 5.74) is 2.03. The lowest BCUT2D eigenvalue weighted by molar-refractivity contribution is -0.150. The number of nitrogens with one attached hydrogen (secondary N) is 2. The molecule has 0 unspecified atom stereocenters. The molecule has 3 rings (SSSR count). The highest BCUT2D eigenvalue weighted by Crippen LogP contribution is 2.33. The van der Waals surface area contributed by atoms with Crippen molar-refractivity contribution in [3.05, 3.63) is 29.5 Å². The van der Waals surface area contributed by atoms with Crippen LogP contribution in [0.25, 0.3) is 11.0 Å². The van der Waals surface area contributed by atoms with Gasteiger partial charge in [-0.25, -0.2) is 9.59 Å². The maximum Gasteiger partial charge on any atom is 0.344 e. The van der Waals surface area contributed by atoms with Gasteiger partial charge in [0.1, 0.15) is 17.1 Å². The van der Waals surface area contributed by atoms with Gasteiger partial charge in [-0.15, -0.1) is 0 Å². The summed E-state index contributed by atoms with van der Waals surface area (Å²) in [4.78, 5) is 34.4. The Balaban J connectivity index is 1.50. The molecule has 1 aromatic heterocycles. The normalized spacial score (nSPS) is 12.9. The van der Waals surface area contributed by atoms with Crippen LogP contribution in [0.15, 0.2) is 22.6 Å². The molecule has 0 aliphatic heterocycles. The Morgan fingerprint density at radius 2 is 1.96 bits per heavy atom. The molecule has 0 saturated carbocycles. The summed E-state index contributed by atoms with van der Waals surface area (Å²) < 4.78 is 16.1. The van der Waals surface area contributed by atoms with Crippen LogP contribution in [0.2, 0.25) is 0 Å². The number of esters is 1. The topological polar surface area (TPSA) is 107 Å². The van der Waals surface area contributed by atoms with Gasteiger partial charge in [-0.05, 0) is 44.4 Å². The Labute approximate surface area is 156 Å². The molecule has 2 N–H and O–H groups in total. The largest absolute Gasteiger partial charge is 0.482 e. The molecule has 0 bridgehead atoms. The van der Waals surface area contributed by atoms with Gasteiger partial charge in [0.2, 0.25) is 0 Å². The molecule has 0 saturated heterocycles. The van der Waals surface area contributed by atoms with Crippen LogP contribution in [-0.2, 0) is 27.2 Å². The van der Waals surface area contributed by atoms with Gasteiger partial charge >= 0.3 is 12.0 Å². The Morgan fingerprint density at radius 3 is 2.78 bits per heavy atom. The molecule has 0 fully saturated rings. The number of rotatable bonds is 6. The zero-order valence-electron chi connectivity index (χ0n) is 15.1. The van der Waals surface area contributed by atoms with Crippen molar-refractivity contribution in [1.29, 1.82) is 0 Å². The zero-order valence-corrected chi connectivity index (χ0v) is 15.1. The highest BCUT2D eigenvalue weighted by molar-refractivity contribution is 5.95. The summed E-state index contributed by atoms with van der Waals surface area (Å²) in [6.45, 7) is 1.22. The fourth-order valence-corrected chi connectivity index (χ4v) is 3.03. The third kappa shape index (κ3) is 4.78. The Morgan fingerprint density at radius 1 is 1.15 bits per heavy atom. The molecule has 2 aromatic rings. The second-order valence-corrected chi connectivity index (χ2v) is 6.23. The van der Waals surface area contributed by atoms with Crippen molar-refractivity contribution in [3.8, 4) is 5.75 Å². The molecular weight excluding hydrogens is 352 g/mol. The molecule has 1 aliphatic carbocycles. The summed E-state index contributed by atoms with van der Waals surface area (Å²) in [5, 5.41) is 5.45. The number of hydrogen-bond acceptors (Lipinski definition) is 6. The van der Waals surface area contributed by atoms with Crippen LogP contribution in [0.5, 0.6) is 5.75 Å². The highest BCUT2D eigenvalue weighted by Gasteiger charge is 2.18. The van der Waals surface area contributed by atoms with Crippen molar-refractivity contribution in [2.24, 2.45) is 0 Å². The molecule has 0 atom stereocenters. The number of fused-ring (bicyclic) bond motifs is 3. The van der Waals surface area contributed by atoms with E-state index >= 15 is 0 Å². The van der Waals surface area contributed by atoms with Crippen LogP contribution >= 0.6 is 0 Å². The van der Waals surface area contributed by atoms with E-state index < -0.39 is 24.5 Å². The summed E-state index contributed by atoms with van der Waals surface area (Å²) in [5.74, 6) is 0.155. The van der Waals surface area contributed by atoms with E-state index in [2.05, 4.69) is 5.32 Å². The van der Waals surface area contributed by atoms with E-state index in [-0.39, 0.29) is 6.61 Å². The molecule has 8 nitrogen and oxygen atoms in total. The van der Waals surface area contributed by atoms with Gasteiger partial charge in [0.25, 0.3) is 5.91 Å². The van der Waals surface area contributed by atoms with E-state index in [0.29, 0.717) is 12.3 Å². The summed E-state index contributed by atoms with van der Waals surface area (Å²) in [6.07, 6.45) is 4.20. The number of hydrogen-bond donors (Lipinski definition) is 2. The molecular formula is C19H22N2O6. The number of carbonyl (C=O) groups excluding carboxylic acids is 3. The number of urea groups is 1. The van der Waals surface area contributed by atoms with E-state index in [1.165, 1.54) is 5.56 Å². The van der Waals surface area contributed by atoms with Gasteiger partial charge in [0.05, 0.1) is 0 Å². The highest BCUT2D eigenvalue weighted by atomic mass is 16.6. The average molecular weight is 374 g/mol. The van der Waals surface area contributed by atoms with E-state index in [1.807, 2.05) is 17.4 Å². The minimum atomic E-state index is -0.708. The van der Waals surface area contributed by atoms with Crippen LogP contribution in [0.4, 0.5) is 4.79 Å². The molecule has 27 heavy (non-hydrogen) atoms. The lowest BCUT2D eigenvalue weighted by Crippen LogP contribution is -2.41. The maximum atomic E-state index is 11.7. The maximum absolute atomic E-state index is 11.7. The summed E-state index contributed by atoms with van der Waals surface area (Å²) >= 11 is 0. The van der Waals surface area contributed by atoms with E-state index in [9.17, 15) is 14.4 Å². The number of furan rings is 1. The molecule has 0 radical (unpaired) electrons. The molecule has 1 aliphatic rings. The number of benzene rings is 1. The first-order valence-electron chi connectivity index (χ1n) is 8.97. The SMILES string of the molecule is CCNC(=O)NC(=O)COC(=O)COc1ccc2oc3c(c2c1)CCCC3. The third-order valence-electron chi connectivity index (χ3n) is 4.24. The van der Waals surface area contributed by atoms with Crippen LogP contribution in [0.1, 0.15) is 31.1 Å². The monoisotopic (exact) mass is 374 g/mol. The van der Waals surface area contributed by atoms with Gasteiger partial charge < -0.3 is 19.2 Å². The Hall–Kier alpha value is -3.03. The van der Waals surface area contributed by atoms with Crippen molar-refractivity contribution in [2.45, 2.75) is 32.6 Å². The van der Waals surface area contributed by atoms with Crippen LogP contribution < -0.4 is 15.4 Å². The van der Waals surface area contributed by atoms with Crippen LogP contribution in [-0.4, -0.2) is 37.7 Å². The van der Waals surface area contributed by atoms with Gasteiger partial charge in [0, 0.05) is 23.9 Å². The predicted molar refractivity (Wildman–Crippen MR) is 96.5 cm³/mol. The van der Waals surface area contributed by atoms with Crippen molar-refractivity contribution >= 4 is 28.9 Å². The van der Waals surface area contributed by atoms with Crippen molar-refractivity contribution in [2.75, 3.05) is 19.8 Å². The van der Waals surface area contributed by atoms with Gasteiger partial charge in [-0.1, -0.05) is 0 Å². The molecule has 1 aromatic carbocycles. The lowest BCUT2D eigenvalue weighted by Gasteiger charge is -2.09. The van der Waals surface area contributed by atoms with Crippen molar-refractivity contribution in [1.82, 2.24) is 10.6 Å². The summed E-state index contributed by atoms with van der Waals surface area (Å²) in [6, 6.07) is 4.78. The third-order valence-corrected chi connectivity index (χ3v) is 4.24. The van der Waals surface area contributed by atoms with Gasteiger partial charge in [0.15, 0.2) is 13.2 Å². The first-order valence-corrected chi connectivity index (χ1v) is 8.97.